The van der Waals surface area contributed by atoms with Gasteiger partial charge in [-0.25, -0.2) is 29.0 Å². The lowest BCUT2D eigenvalue weighted by molar-refractivity contribution is 0.589. The normalized spacial score (nSPS) is 11.3. The maximum absolute atomic E-state index is 10.9. The van der Waals surface area contributed by atoms with Gasteiger partial charge in [-0.05, 0) is 6.42 Å². The smallest absolute Gasteiger partial charge is 0.208 e. The maximum atomic E-state index is 10.9. The Labute approximate surface area is 113 Å². The van der Waals surface area contributed by atoms with Crippen molar-refractivity contribution in [2.45, 2.75) is 19.8 Å². The van der Waals surface area contributed by atoms with E-state index in [2.05, 4.69) is 25.4 Å². The Balaban J connectivity index is 2.67. The molecule has 0 unspecified atom stereocenters. The molecule has 0 radical (unpaired) electrons. The zero-order valence-electron chi connectivity index (χ0n) is 11.1. The molecule has 0 fully saturated rings. The molecule has 1 heterocycles. The number of aromatic nitrogens is 2. The summed E-state index contributed by atoms with van der Waals surface area (Å²) in [5.41, 5.74) is 3.43. The van der Waals surface area contributed by atoms with Crippen molar-refractivity contribution in [3.05, 3.63) is 11.9 Å². The van der Waals surface area contributed by atoms with Crippen LogP contribution < -0.4 is 21.3 Å². The van der Waals surface area contributed by atoms with Gasteiger partial charge >= 0.3 is 0 Å². The van der Waals surface area contributed by atoms with E-state index < -0.39 is 10.0 Å². The van der Waals surface area contributed by atoms with Crippen LogP contribution in [0, 0.1) is 0 Å². The van der Waals surface area contributed by atoms with Crippen molar-refractivity contribution in [3.63, 3.8) is 0 Å². The first-order valence-electron chi connectivity index (χ1n) is 5.97. The molecule has 0 aromatic carbocycles. The third-order valence-electron chi connectivity index (χ3n) is 2.36. The van der Waals surface area contributed by atoms with E-state index in [0.29, 0.717) is 24.7 Å². The monoisotopic (exact) mass is 288 g/mol. The fourth-order valence-electron chi connectivity index (χ4n) is 1.59. The molecular formula is C10H20N6O2S. The summed E-state index contributed by atoms with van der Waals surface area (Å²) < 4.78 is 24.2. The quantitative estimate of drug-likeness (QED) is 0.293. The van der Waals surface area contributed by atoms with Gasteiger partial charge in [0.1, 0.15) is 18.0 Å². The van der Waals surface area contributed by atoms with Gasteiger partial charge in [0.2, 0.25) is 10.0 Å². The van der Waals surface area contributed by atoms with E-state index >= 15 is 0 Å². The summed E-state index contributed by atoms with van der Waals surface area (Å²) in [6.45, 7) is 2.77. The van der Waals surface area contributed by atoms with Crippen molar-refractivity contribution in [2.24, 2.45) is 5.84 Å². The Hall–Kier alpha value is -1.45. The number of rotatable bonds is 8. The van der Waals surface area contributed by atoms with Gasteiger partial charge in [0.05, 0.1) is 6.26 Å². The van der Waals surface area contributed by atoms with E-state index in [1.807, 2.05) is 6.92 Å². The third kappa shape index (κ3) is 5.37. The van der Waals surface area contributed by atoms with E-state index in [9.17, 15) is 8.42 Å². The summed E-state index contributed by atoms with van der Waals surface area (Å²) in [4.78, 5) is 8.19. The Morgan fingerprint density at radius 1 is 1.26 bits per heavy atom. The zero-order valence-corrected chi connectivity index (χ0v) is 11.9. The first kappa shape index (κ1) is 15.6. The number of sulfonamides is 1. The van der Waals surface area contributed by atoms with E-state index in [4.69, 9.17) is 5.84 Å². The minimum atomic E-state index is -3.17. The van der Waals surface area contributed by atoms with Crippen molar-refractivity contribution in [2.75, 3.05) is 30.1 Å². The summed E-state index contributed by atoms with van der Waals surface area (Å²) in [5, 5.41) is 3.07. The highest BCUT2D eigenvalue weighted by Gasteiger charge is 2.09. The predicted molar refractivity (Wildman–Crippen MR) is 75.2 cm³/mol. The van der Waals surface area contributed by atoms with E-state index in [1.165, 1.54) is 6.33 Å². The summed E-state index contributed by atoms with van der Waals surface area (Å²) in [6, 6.07) is 0. The Bertz CT molecular complexity index is 505. The lowest BCUT2D eigenvalue weighted by Crippen LogP contribution is -2.28. The molecule has 108 valence electrons. The molecule has 0 aliphatic heterocycles. The molecule has 1 aromatic heterocycles. The first-order valence-corrected chi connectivity index (χ1v) is 7.86. The van der Waals surface area contributed by atoms with Crippen molar-refractivity contribution in [3.8, 4) is 0 Å². The van der Waals surface area contributed by atoms with Gasteiger partial charge < -0.3 is 10.7 Å². The zero-order chi connectivity index (χ0) is 14.3. The lowest BCUT2D eigenvalue weighted by atomic mass is 10.1. The Kier molecular flexibility index (Phi) is 5.93. The number of hydrazine groups is 1. The molecule has 8 nitrogen and oxygen atoms in total. The molecule has 1 aromatic rings. The van der Waals surface area contributed by atoms with Gasteiger partial charge in [-0.2, -0.15) is 0 Å². The summed E-state index contributed by atoms with van der Waals surface area (Å²) in [5.74, 6) is 6.65. The van der Waals surface area contributed by atoms with Crippen LogP contribution in [0.25, 0.3) is 0 Å². The van der Waals surface area contributed by atoms with Crippen molar-refractivity contribution < 1.29 is 8.42 Å². The number of hydrogen-bond acceptors (Lipinski definition) is 7. The average Bonchev–Trinajstić information content (AvgIpc) is 2.35. The van der Waals surface area contributed by atoms with Crippen molar-refractivity contribution in [1.29, 1.82) is 0 Å². The van der Waals surface area contributed by atoms with Crippen LogP contribution in [-0.4, -0.2) is 37.7 Å². The van der Waals surface area contributed by atoms with Crippen LogP contribution in [0.5, 0.6) is 0 Å². The van der Waals surface area contributed by atoms with Crippen LogP contribution in [0.3, 0.4) is 0 Å². The highest BCUT2D eigenvalue weighted by atomic mass is 32.2. The number of nitrogen functional groups attached to an aromatic ring is 1. The topological polar surface area (TPSA) is 122 Å². The van der Waals surface area contributed by atoms with Crippen LogP contribution in [0.4, 0.5) is 11.6 Å². The number of hydrogen-bond donors (Lipinski definition) is 4. The van der Waals surface area contributed by atoms with Gasteiger partial charge in [-0.15, -0.1) is 0 Å². The van der Waals surface area contributed by atoms with Gasteiger partial charge in [0, 0.05) is 18.7 Å². The second-order valence-electron chi connectivity index (χ2n) is 4.04. The number of nitrogens with two attached hydrogens (primary N) is 1. The average molecular weight is 288 g/mol. The third-order valence-corrected chi connectivity index (χ3v) is 3.09. The highest BCUT2D eigenvalue weighted by Crippen LogP contribution is 2.20. The van der Waals surface area contributed by atoms with Crippen molar-refractivity contribution >= 4 is 21.7 Å². The van der Waals surface area contributed by atoms with Crippen LogP contribution in [0.1, 0.15) is 18.9 Å². The first-order chi connectivity index (χ1) is 8.98. The van der Waals surface area contributed by atoms with Crippen LogP contribution in [0.15, 0.2) is 6.33 Å². The van der Waals surface area contributed by atoms with Gasteiger partial charge in [-0.1, -0.05) is 13.3 Å². The number of anilines is 2. The fourth-order valence-corrected chi connectivity index (χ4v) is 2.07. The van der Waals surface area contributed by atoms with Crippen molar-refractivity contribution in [1.82, 2.24) is 14.7 Å². The number of nitrogens with zero attached hydrogens (tertiary/aromatic N) is 2. The van der Waals surface area contributed by atoms with Crippen LogP contribution in [0.2, 0.25) is 0 Å². The molecule has 0 saturated heterocycles. The van der Waals surface area contributed by atoms with Crippen LogP contribution >= 0.6 is 0 Å². The molecule has 9 heteroatoms. The molecule has 5 N–H and O–H groups in total. The van der Waals surface area contributed by atoms with E-state index in [0.717, 1.165) is 24.7 Å². The van der Waals surface area contributed by atoms with E-state index in [1.54, 1.807) is 0 Å². The predicted octanol–water partition coefficient (Wildman–Crippen LogP) is -0.324. The summed E-state index contributed by atoms with van der Waals surface area (Å²) in [6.07, 6.45) is 4.23. The molecule has 0 aliphatic rings. The van der Waals surface area contributed by atoms with Gasteiger partial charge in [0.25, 0.3) is 0 Å². The summed E-state index contributed by atoms with van der Waals surface area (Å²) >= 11 is 0. The summed E-state index contributed by atoms with van der Waals surface area (Å²) in [7, 11) is -3.17. The second-order valence-corrected chi connectivity index (χ2v) is 5.87. The molecule has 0 spiro atoms. The van der Waals surface area contributed by atoms with Gasteiger partial charge in [-0.3, -0.25) is 0 Å². The molecule has 0 saturated carbocycles. The van der Waals surface area contributed by atoms with Gasteiger partial charge in [0.15, 0.2) is 0 Å². The molecule has 0 atom stereocenters. The minimum absolute atomic E-state index is 0.291. The molecule has 1 rings (SSSR count). The molecule has 0 aliphatic carbocycles. The lowest BCUT2D eigenvalue weighted by Gasteiger charge is -2.13. The Morgan fingerprint density at radius 3 is 2.53 bits per heavy atom. The SMILES string of the molecule is CCCc1c(NN)ncnc1NCCNS(C)(=O)=O. The minimum Gasteiger partial charge on any atom is -0.368 e. The highest BCUT2D eigenvalue weighted by molar-refractivity contribution is 7.88. The largest absolute Gasteiger partial charge is 0.368 e. The Morgan fingerprint density at radius 2 is 1.95 bits per heavy atom. The standard InChI is InChI=1S/C10H20N6O2S/c1-3-4-8-9(13-7-14-10(8)16-11)12-5-6-15-19(2,17)18/h7,15H,3-6,11H2,1-2H3,(H2,12,13,14,16). The second kappa shape index (κ2) is 7.22. The van der Waals surface area contributed by atoms with E-state index in [-0.39, 0.29) is 0 Å². The van der Waals surface area contributed by atoms with Crippen LogP contribution in [-0.2, 0) is 16.4 Å². The number of nitrogens with one attached hydrogen (secondary N) is 3. The maximum Gasteiger partial charge on any atom is 0.208 e. The molecular weight excluding hydrogens is 268 g/mol. The molecule has 0 bridgehead atoms. The fraction of sp³-hybridized carbons (Fsp3) is 0.600. The molecule has 0 amide bonds. The molecule has 19 heavy (non-hydrogen) atoms.